The van der Waals surface area contributed by atoms with Crippen LogP contribution in [0.25, 0.3) is 0 Å². The molecule has 0 atom stereocenters. The molecule has 0 aliphatic rings. The Labute approximate surface area is 135 Å². The van der Waals surface area contributed by atoms with Gasteiger partial charge in [-0.3, -0.25) is 0 Å². The summed E-state index contributed by atoms with van der Waals surface area (Å²) in [4.78, 5) is 5.90. The number of hydrogen-bond acceptors (Lipinski definition) is 4. The molecule has 2 aromatic heterocycles. The van der Waals surface area contributed by atoms with Crippen LogP contribution in [-0.2, 0) is 20.1 Å². The SMILES string of the molecule is Cc1nnc(CN=C(NCc2cccs2)NCC(C)C)n1C. The molecule has 0 bridgehead atoms. The zero-order valence-electron chi connectivity index (χ0n) is 13.6. The highest BCUT2D eigenvalue weighted by atomic mass is 32.1. The zero-order chi connectivity index (χ0) is 15.9. The summed E-state index contributed by atoms with van der Waals surface area (Å²) >= 11 is 1.74. The second-order valence-corrected chi connectivity index (χ2v) is 6.63. The van der Waals surface area contributed by atoms with Crippen LogP contribution in [0.3, 0.4) is 0 Å². The van der Waals surface area contributed by atoms with Crippen molar-refractivity contribution in [1.29, 1.82) is 0 Å². The minimum absolute atomic E-state index is 0.509. The predicted octanol–water partition coefficient (Wildman–Crippen LogP) is 2.08. The molecule has 0 fully saturated rings. The Morgan fingerprint density at radius 1 is 1.36 bits per heavy atom. The molecule has 7 heteroatoms. The normalized spacial score (nSPS) is 12.0. The van der Waals surface area contributed by atoms with Gasteiger partial charge in [0.1, 0.15) is 12.4 Å². The average Bonchev–Trinajstić information content (AvgIpc) is 3.10. The van der Waals surface area contributed by atoms with Crippen molar-refractivity contribution in [2.75, 3.05) is 6.54 Å². The lowest BCUT2D eigenvalue weighted by atomic mass is 10.2. The van der Waals surface area contributed by atoms with Crippen LogP contribution in [0.1, 0.15) is 30.4 Å². The van der Waals surface area contributed by atoms with Crippen molar-refractivity contribution in [2.45, 2.75) is 33.9 Å². The summed E-state index contributed by atoms with van der Waals surface area (Å²) in [7, 11) is 1.96. The Kier molecular flexibility index (Phi) is 5.94. The molecule has 2 N–H and O–H groups in total. The maximum atomic E-state index is 4.62. The molecule has 0 amide bonds. The van der Waals surface area contributed by atoms with Crippen LogP contribution in [-0.4, -0.2) is 27.3 Å². The van der Waals surface area contributed by atoms with Crippen LogP contribution in [0.2, 0.25) is 0 Å². The third-order valence-electron chi connectivity index (χ3n) is 3.25. The lowest BCUT2D eigenvalue weighted by molar-refractivity contribution is 0.612. The van der Waals surface area contributed by atoms with Crippen LogP contribution >= 0.6 is 11.3 Å². The molecule has 0 spiro atoms. The van der Waals surface area contributed by atoms with E-state index in [1.54, 1.807) is 11.3 Å². The highest BCUT2D eigenvalue weighted by molar-refractivity contribution is 7.09. The van der Waals surface area contributed by atoms with E-state index in [0.717, 1.165) is 30.7 Å². The van der Waals surface area contributed by atoms with Crippen molar-refractivity contribution in [3.8, 4) is 0 Å². The van der Waals surface area contributed by atoms with Crippen molar-refractivity contribution >= 4 is 17.3 Å². The Hall–Kier alpha value is -1.89. The fourth-order valence-corrected chi connectivity index (χ4v) is 2.44. The summed E-state index contributed by atoms with van der Waals surface area (Å²) in [5.41, 5.74) is 0. The van der Waals surface area contributed by atoms with Crippen molar-refractivity contribution in [2.24, 2.45) is 18.0 Å². The zero-order valence-corrected chi connectivity index (χ0v) is 14.4. The maximum absolute atomic E-state index is 4.62. The topological polar surface area (TPSA) is 67.1 Å². The van der Waals surface area contributed by atoms with Crippen molar-refractivity contribution < 1.29 is 0 Å². The van der Waals surface area contributed by atoms with E-state index in [-0.39, 0.29) is 0 Å². The number of guanidine groups is 1. The molecule has 0 aliphatic heterocycles. The largest absolute Gasteiger partial charge is 0.356 e. The average molecular weight is 320 g/mol. The molecule has 0 unspecified atom stereocenters. The standard InChI is InChI=1S/C15H24N6S/c1-11(2)8-16-15(17-9-13-6-5-7-22-13)18-10-14-20-19-12(3)21(14)4/h5-7,11H,8-10H2,1-4H3,(H2,16,17,18). The third kappa shape index (κ3) is 4.84. The quantitative estimate of drug-likeness (QED) is 0.632. The van der Waals surface area contributed by atoms with Gasteiger partial charge in [0.05, 0.1) is 6.54 Å². The molecule has 120 valence electrons. The smallest absolute Gasteiger partial charge is 0.192 e. The number of hydrogen-bond donors (Lipinski definition) is 2. The second kappa shape index (κ2) is 7.93. The van der Waals surface area contributed by atoms with E-state index >= 15 is 0 Å². The summed E-state index contributed by atoms with van der Waals surface area (Å²) in [5, 5.41) is 17.0. The van der Waals surface area contributed by atoms with Crippen LogP contribution in [0.4, 0.5) is 0 Å². The van der Waals surface area contributed by atoms with Crippen LogP contribution in [0, 0.1) is 12.8 Å². The van der Waals surface area contributed by atoms with Crippen LogP contribution in [0.15, 0.2) is 22.5 Å². The van der Waals surface area contributed by atoms with Crippen molar-refractivity contribution in [1.82, 2.24) is 25.4 Å². The lowest BCUT2D eigenvalue weighted by Gasteiger charge is -2.13. The first kappa shape index (κ1) is 16.5. The van der Waals surface area contributed by atoms with E-state index in [9.17, 15) is 0 Å². The van der Waals surface area contributed by atoms with Gasteiger partial charge >= 0.3 is 0 Å². The van der Waals surface area contributed by atoms with E-state index in [1.807, 2.05) is 18.5 Å². The number of aromatic nitrogens is 3. The van der Waals surface area contributed by atoms with Gasteiger partial charge in [0.15, 0.2) is 11.8 Å². The summed E-state index contributed by atoms with van der Waals surface area (Å²) in [6.07, 6.45) is 0. The van der Waals surface area contributed by atoms with Crippen molar-refractivity contribution in [3.63, 3.8) is 0 Å². The van der Waals surface area contributed by atoms with Gasteiger partial charge in [0.2, 0.25) is 0 Å². The summed E-state index contributed by atoms with van der Waals surface area (Å²) in [6.45, 7) is 8.46. The molecule has 22 heavy (non-hydrogen) atoms. The highest BCUT2D eigenvalue weighted by Crippen LogP contribution is 2.07. The number of aryl methyl sites for hydroxylation is 1. The van der Waals surface area contributed by atoms with Gasteiger partial charge in [-0.1, -0.05) is 19.9 Å². The van der Waals surface area contributed by atoms with E-state index < -0.39 is 0 Å². The molecule has 2 aromatic rings. The first-order valence-electron chi connectivity index (χ1n) is 7.45. The number of aliphatic imine (C=N–C) groups is 1. The van der Waals surface area contributed by atoms with Crippen molar-refractivity contribution in [3.05, 3.63) is 34.0 Å². The molecule has 0 saturated carbocycles. The first-order chi connectivity index (χ1) is 10.6. The summed E-state index contributed by atoms with van der Waals surface area (Å²) < 4.78 is 1.96. The molecule has 2 rings (SSSR count). The van der Waals surface area contributed by atoms with E-state index in [0.29, 0.717) is 12.5 Å². The Morgan fingerprint density at radius 2 is 2.18 bits per heavy atom. The molecular formula is C15H24N6S. The van der Waals surface area contributed by atoms with Gasteiger partial charge < -0.3 is 15.2 Å². The van der Waals surface area contributed by atoms with E-state index in [1.165, 1.54) is 4.88 Å². The molecule has 6 nitrogen and oxygen atoms in total. The monoisotopic (exact) mass is 320 g/mol. The summed E-state index contributed by atoms with van der Waals surface area (Å²) in [6, 6.07) is 4.17. The minimum atomic E-state index is 0.509. The molecule has 0 aromatic carbocycles. The summed E-state index contributed by atoms with van der Waals surface area (Å²) in [5.74, 6) is 3.13. The Balaban J connectivity index is 1.98. The third-order valence-corrected chi connectivity index (χ3v) is 4.13. The number of nitrogens with one attached hydrogen (secondary N) is 2. The number of nitrogens with zero attached hydrogens (tertiary/aromatic N) is 4. The van der Waals surface area contributed by atoms with Crippen LogP contribution < -0.4 is 10.6 Å². The van der Waals surface area contributed by atoms with Gasteiger partial charge in [-0.2, -0.15) is 0 Å². The second-order valence-electron chi connectivity index (χ2n) is 5.59. The number of rotatable bonds is 6. The van der Waals surface area contributed by atoms with Gasteiger partial charge in [0.25, 0.3) is 0 Å². The molecule has 0 radical (unpaired) electrons. The molecule has 2 heterocycles. The first-order valence-corrected chi connectivity index (χ1v) is 8.33. The fourth-order valence-electron chi connectivity index (χ4n) is 1.80. The minimum Gasteiger partial charge on any atom is -0.356 e. The molecule has 0 aliphatic carbocycles. The van der Waals surface area contributed by atoms with Gasteiger partial charge in [-0.25, -0.2) is 4.99 Å². The number of thiophene rings is 1. The van der Waals surface area contributed by atoms with Gasteiger partial charge in [0, 0.05) is 18.5 Å². The lowest BCUT2D eigenvalue weighted by Crippen LogP contribution is -2.38. The van der Waals surface area contributed by atoms with Gasteiger partial charge in [-0.15, -0.1) is 21.5 Å². The maximum Gasteiger partial charge on any atom is 0.192 e. The predicted molar refractivity (Wildman–Crippen MR) is 90.9 cm³/mol. The highest BCUT2D eigenvalue weighted by Gasteiger charge is 2.06. The van der Waals surface area contributed by atoms with Crippen LogP contribution in [0.5, 0.6) is 0 Å². The van der Waals surface area contributed by atoms with E-state index in [2.05, 4.69) is 57.2 Å². The molecule has 0 saturated heterocycles. The Morgan fingerprint density at radius 3 is 2.77 bits per heavy atom. The van der Waals surface area contributed by atoms with E-state index in [4.69, 9.17) is 0 Å². The Bertz CT molecular complexity index is 600. The molecular weight excluding hydrogens is 296 g/mol. The fraction of sp³-hybridized carbons (Fsp3) is 0.533. The van der Waals surface area contributed by atoms with Gasteiger partial charge in [-0.05, 0) is 24.3 Å².